The summed E-state index contributed by atoms with van der Waals surface area (Å²) < 4.78 is 4.82. The van der Waals surface area contributed by atoms with Gasteiger partial charge in [-0.25, -0.2) is 0 Å². The van der Waals surface area contributed by atoms with E-state index in [0.717, 1.165) is 0 Å². The first-order valence-electron chi connectivity index (χ1n) is 2.99. The number of hydrogen-bond acceptors (Lipinski definition) is 2. The van der Waals surface area contributed by atoms with Gasteiger partial charge in [0.05, 0.1) is 0 Å². The molecule has 0 fully saturated rings. The number of hydrogen-bond donors (Lipinski definition) is 1. The molecule has 0 aromatic rings. The van der Waals surface area contributed by atoms with Crippen LogP contribution in [0, 0.1) is 36.0 Å². The molecule has 0 aliphatic rings. The summed E-state index contributed by atoms with van der Waals surface area (Å²) in [4.78, 5) is 0. The lowest BCUT2D eigenvalue weighted by Gasteiger charge is -1.86. The van der Waals surface area contributed by atoms with E-state index < -0.39 is 0 Å². The molecule has 2 nitrogen and oxygen atoms in total. The molecule has 2 heteroatoms. The number of rotatable bonds is 2. The van der Waals surface area contributed by atoms with E-state index in [1.165, 1.54) is 0 Å². The van der Waals surface area contributed by atoms with Gasteiger partial charge < -0.3 is 9.84 Å². The molecular weight excluding hydrogens is 140 g/mol. The van der Waals surface area contributed by atoms with Crippen molar-refractivity contribution in [3.63, 3.8) is 0 Å². The minimum Gasteiger partial charge on any atom is -0.384 e. The maximum absolute atomic E-state index is 8.21. The Bertz CT molecular complexity index is 239. The predicted octanol–water partition coefficient (Wildman–Crippen LogP) is -0.365. The smallest absolute Gasteiger partial charge is 0.110 e. The Kier molecular flexibility index (Phi) is 7.51. The molecule has 0 rings (SSSR count). The van der Waals surface area contributed by atoms with Crippen LogP contribution in [0.1, 0.15) is 0 Å². The molecule has 1 N–H and O–H groups in total. The summed E-state index contributed by atoms with van der Waals surface area (Å²) in [6.45, 7) is 0.381. The molecular formula is C9H8O2. The van der Waals surface area contributed by atoms with Gasteiger partial charge in [0.25, 0.3) is 0 Å². The van der Waals surface area contributed by atoms with Crippen LogP contribution < -0.4 is 0 Å². The molecule has 0 aliphatic carbocycles. The van der Waals surface area contributed by atoms with E-state index in [2.05, 4.69) is 29.6 Å². The monoisotopic (exact) mass is 148 g/mol. The number of ether oxygens (including phenoxy) is 1. The predicted molar refractivity (Wildman–Crippen MR) is 42.3 cm³/mol. The van der Waals surface area contributed by atoms with Gasteiger partial charge in [0.2, 0.25) is 0 Å². The molecule has 11 heavy (non-hydrogen) atoms. The summed E-state index contributed by atoms with van der Waals surface area (Å²) in [5, 5.41) is 8.21. The Morgan fingerprint density at radius 1 is 1.18 bits per heavy atom. The van der Waals surface area contributed by atoms with E-state index >= 15 is 0 Å². The summed E-state index contributed by atoms with van der Waals surface area (Å²) in [7, 11) is 0. The van der Waals surface area contributed by atoms with Gasteiger partial charge in [-0.05, 0) is 11.8 Å². The number of aliphatic hydroxyl groups is 1. The molecule has 0 spiro atoms. The fraction of sp³-hybridized carbons (Fsp3) is 0.333. The Hall–Kier alpha value is -1.40. The average Bonchev–Trinajstić information content (AvgIpc) is 2.03. The van der Waals surface area contributed by atoms with E-state index in [-0.39, 0.29) is 19.8 Å². The molecule has 0 aromatic carbocycles. The topological polar surface area (TPSA) is 29.5 Å². The third kappa shape index (κ3) is 8.60. The molecule has 0 amide bonds. The van der Waals surface area contributed by atoms with Crippen LogP contribution in [0.5, 0.6) is 0 Å². The van der Waals surface area contributed by atoms with Crippen molar-refractivity contribution >= 4 is 0 Å². The molecule has 0 atom stereocenters. The van der Waals surface area contributed by atoms with Gasteiger partial charge in [-0.2, -0.15) is 0 Å². The minimum absolute atomic E-state index is 0.167. The van der Waals surface area contributed by atoms with Gasteiger partial charge >= 0.3 is 0 Å². The zero-order valence-electron chi connectivity index (χ0n) is 6.05. The lowest BCUT2D eigenvalue weighted by Crippen LogP contribution is -1.89. The van der Waals surface area contributed by atoms with Crippen molar-refractivity contribution in [1.82, 2.24) is 0 Å². The first kappa shape index (κ1) is 9.60. The Morgan fingerprint density at radius 3 is 2.55 bits per heavy atom. The van der Waals surface area contributed by atoms with E-state index in [9.17, 15) is 0 Å². The van der Waals surface area contributed by atoms with E-state index in [1.54, 1.807) is 0 Å². The van der Waals surface area contributed by atoms with Crippen LogP contribution in [0.25, 0.3) is 0 Å². The highest BCUT2D eigenvalue weighted by molar-refractivity contribution is 5.25. The second-order valence-electron chi connectivity index (χ2n) is 1.46. The van der Waals surface area contributed by atoms with Crippen LogP contribution >= 0.6 is 0 Å². The van der Waals surface area contributed by atoms with Crippen molar-refractivity contribution in [2.45, 2.75) is 0 Å². The summed E-state index contributed by atoms with van der Waals surface area (Å²) in [6, 6.07) is 0. The number of terminal acetylenes is 1. The Labute approximate surface area is 66.6 Å². The lowest BCUT2D eigenvalue weighted by atomic mass is 10.5. The van der Waals surface area contributed by atoms with Crippen molar-refractivity contribution in [1.29, 1.82) is 0 Å². The normalized spacial score (nSPS) is 6.55. The molecule has 0 radical (unpaired) electrons. The third-order valence-corrected chi connectivity index (χ3v) is 0.678. The van der Waals surface area contributed by atoms with Gasteiger partial charge in [0.1, 0.15) is 19.8 Å². The number of aliphatic hydroxyl groups excluding tert-OH is 1. The average molecular weight is 148 g/mol. The molecule has 0 aromatic heterocycles. The maximum atomic E-state index is 8.21. The van der Waals surface area contributed by atoms with Crippen molar-refractivity contribution < 1.29 is 9.84 Å². The molecule has 0 saturated carbocycles. The van der Waals surface area contributed by atoms with E-state index in [4.69, 9.17) is 16.3 Å². The standard InChI is InChI=1S/C9H8O2/c1-2-8-11-9-6-4-3-5-7-10/h1,10H,7-9H2. The van der Waals surface area contributed by atoms with Crippen LogP contribution in [0.3, 0.4) is 0 Å². The van der Waals surface area contributed by atoms with Crippen molar-refractivity contribution in [2.24, 2.45) is 0 Å². The zero-order chi connectivity index (χ0) is 8.36. The largest absolute Gasteiger partial charge is 0.384 e. The molecule has 0 unspecified atom stereocenters. The zero-order valence-corrected chi connectivity index (χ0v) is 6.05. The van der Waals surface area contributed by atoms with Crippen LogP contribution in [-0.2, 0) is 4.74 Å². The fourth-order valence-electron chi connectivity index (χ4n) is 0.325. The van der Waals surface area contributed by atoms with Crippen LogP contribution in [0.2, 0.25) is 0 Å². The van der Waals surface area contributed by atoms with Crippen molar-refractivity contribution in [2.75, 3.05) is 19.8 Å². The first-order chi connectivity index (χ1) is 5.41. The van der Waals surface area contributed by atoms with Crippen LogP contribution in [0.15, 0.2) is 0 Å². The third-order valence-electron chi connectivity index (χ3n) is 0.678. The summed E-state index contributed by atoms with van der Waals surface area (Å²) in [5.41, 5.74) is 0. The second-order valence-corrected chi connectivity index (χ2v) is 1.46. The fourth-order valence-corrected chi connectivity index (χ4v) is 0.325. The second kappa shape index (κ2) is 8.60. The maximum Gasteiger partial charge on any atom is 0.110 e. The molecule has 0 aliphatic heterocycles. The van der Waals surface area contributed by atoms with Gasteiger partial charge in [-0.15, -0.1) is 6.42 Å². The van der Waals surface area contributed by atoms with Gasteiger partial charge in [0.15, 0.2) is 0 Å². The van der Waals surface area contributed by atoms with Gasteiger partial charge in [0, 0.05) is 0 Å². The summed E-state index contributed by atoms with van der Waals surface area (Å²) in [6.07, 6.45) is 4.91. The van der Waals surface area contributed by atoms with E-state index in [1.807, 2.05) is 0 Å². The molecule has 56 valence electrons. The highest BCUT2D eigenvalue weighted by Crippen LogP contribution is 1.68. The lowest BCUT2D eigenvalue weighted by molar-refractivity contribution is 0.205. The SMILES string of the molecule is C#CCOCC#CC#CCO. The Morgan fingerprint density at radius 2 is 1.91 bits per heavy atom. The van der Waals surface area contributed by atoms with Gasteiger partial charge in [-0.1, -0.05) is 17.8 Å². The summed E-state index contributed by atoms with van der Waals surface area (Å²) >= 11 is 0. The van der Waals surface area contributed by atoms with Gasteiger partial charge in [-0.3, -0.25) is 0 Å². The molecule has 0 heterocycles. The van der Waals surface area contributed by atoms with Crippen molar-refractivity contribution in [3.8, 4) is 36.0 Å². The summed E-state index contributed by atoms with van der Waals surface area (Å²) in [5.74, 6) is 12.2. The molecule has 0 bridgehead atoms. The first-order valence-corrected chi connectivity index (χ1v) is 2.99. The highest BCUT2D eigenvalue weighted by Gasteiger charge is 1.73. The minimum atomic E-state index is -0.167. The van der Waals surface area contributed by atoms with E-state index in [0.29, 0.717) is 0 Å². The Balaban J connectivity index is 3.35. The van der Waals surface area contributed by atoms with Crippen molar-refractivity contribution in [3.05, 3.63) is 0 Å². The highest BCUT2D eigenvalue weighted by atomic mass is 16.5. The molecule has 0 saturated heterocycles. The van der Waals surface area contributed by atoms with Crippen LogP contribution in [-0.4, -0.2) is 24.9 Å². The van der Waals surface area contributed by atoms with Crippen LogP contribution in [0.4, 0.5) is 0 Å². The quantitative estimate of drug-likeness (QED) is 0.428.